The van der Waals surface area contributed by atoms with Crippen LogP contribution in [0.3, 0.4) is 0 Å². The Morgan fingerprint density at radius 3 is 2.77 bits per heavy atom. The number of likely N-dealkylation sites (tertiary alicyclic amines) is 1. The lowest BCUT2D eigenvalue weighted by atomic mass is 9.93. The van der Waals surface area contributed by atoms with E-state index in [9.17, 15) is 9.90 Å². The molecule has 1 saturated carbocycles. The van der Waals surface area contributed by atoms with Crippen LogP contribution in [0.5, 0.6) is 0 Å². The highest BCUT2D eigenvalue weighted by Gasteiger charge is 2.30. The van der Waals surface area contributed by atoms with E-state index in [1.54, 1.807) is 6.92 Å². The summed E-state index contributed by atoms with van der Waals surface area (Å²) >= 11 is 0. The van der Waals surface area contributed by atoms with E-state index in [4.69, 9.17) is 4.52 Å². The second kappa shape index (κ2) is 6.64. The highest BCUT2D eigenvalue weighted by atomic mass is 16.5. The summed E-state index contributed by atoms with van der Waals surface area (Å²) in [6.45, 7) is 3.20. The van der Waals surface area contributed by atoms with Crippen LogP contribution in [-0.2, 0) is 0 Å². The molecule has 0 radical (unpaired) electrons. The smallest absolute Gasteiger partial charge is 0.317 e. The van der Waals surface area contributed by atoms with Crippen molar-refractivity contribution in [3.8, 4) is 0 Å². The van der Waals surface area contributed by atoms with Crippen molar-refractivity contribution in [3.63, 3.8) is 0 Å². The molecule has 7 nitrogen and oxygen atoms in total. The normalized spacial score (nSPS) is 29.4. The topological polar surface area (TPSA) is 91.5 Å². The van der Waals surface area contributed by atoms with Gasteiger partial charge in [-0.25, -0.2) is 4.79 Å². The molecule has 2 amide bonds. The second-order valence-corrected chi connectivity index (χ2v) is 6.42. The van der Waals surface area contributed by atoms with Gasteiger partial charge in [0.05, 0.1) is 12.0 Å². The van der Waals surface area contributed by atoms with Crippen LogP contribution in [0.25, 0.3) is 0 Å². The summed E-state index contributed by atoms with van der Waals surface area (Å²) in [5.74, 6) is 1.40. The zero-order chi connectivity index (χ0) is 15.5. The molecule has 1 saturated heterocycles. The lowest BCUT2D eigenvalue weighted by molar-refractivity contribution is 0.113. The minimum atomic E-state index is -0.201. The first-order valence-electron chi connectivity index (χ1n) is 8.15. The number of hydrogen-bond acceptors (Lipinski definition) is 5. The summed E-state index contributed by atoms with van der Waals surface area (Å²) < 4.78 is 5.25. The molecule has 1 aromatic heterocycles. The van der Waals surface area contributed by atoms with Gasteiger partial charge in [-0.1, -0.05) is 5.16 Å². The molecule has 22 heavy (non-hydrogen) atoms. The van der Waals surface area contributed by atoms with Gasteiger partial charge in [0.1, 0.15) is 0 Å². The molecule has 122 valence electrons. The maximum Gasteiger partial charge on any atom is 0.317 e. The van der Waals surface area contributed by atoms with E-state index in [2.05, 4.69) is 15.5 Å². The van der Waals surface area contributed by atoms with Gasteiger partial charge in [-0.15, -0.1) is 0 Å². The van der Waals surface area contributed by atoms with E-state index in [1.807, 2.05) is 4.90 Å². The van der Waals surface area contributed by atoms with Gasteiger partial charge in [0.2, 0.25) is 5.89 Å². The van der Waals surface area contributed by atoms with E-state index in [1.165, 1.54) is 0 Å². The summed E-state index contributed by atoms with van der Waals surface area (Å²) in [6, 6.07) is 0.171. The fraction of sp³-hybridized carbons (Fsp3) is 0.800. The van der Waals surface area contributed by atoms with Crippen LogP contribution < -0.4 is 5.32 Å². The first-order chi connectivity index (χ1) is 10.6. The molecule has 0 bridgehead atoms. The van der Waals surface area contributed by atoms with Crippen LogP contribution in [0.15, 0.2) is 4.52 Å². The molecule has 1 atom stereocenters. The highest BCUT2D eigenvalue weighted by Crippen LogP contribution is 2.26. The predicted octanol–water partition coefficient (Wildman–Crippen LogP) is 1.57. The average Bonchev–Trinajstić information content (AvgIpc) is 2.96. The predicted molar refractivity (Wildman–Crippen MR) is 79.4 cm³/mol. The average molecular weight is 308 g/mol. The summed E-state index contributed by atoms with van der Waals surface area (Å²) in [7, 11) is 0. The van der Waals surface area contributed by atoms with Gasteiger partial charge in [-0.05, 0) is 45.4 Å². The number of aliphatic hydroxyl groups excluding tert-OH is 1. The molecule has 0 unspecified atom stereocenters. The number of aryl methyl sites for hydroxylation is 1. The zero-order valence-corrected chi connectivity index (χ0v) is 13.0. The minimum absolute atomic E-state index is 0.0117. The van der Waals surface area contributed by atoms with Crippen LogP contribution in [0.1, 0.15) is 56.2 Å². The van der Waals surface area contributed by atoms with Crippen LogP contribution >= 0.6 is 0 Å². The van der Waals surface area contributed by atoms with E-state index in [0.29, 0.717) is 18.3 Å². The Balaban J connectivity index is 1.54. The molecule has 2 heterocycles. The second-order valence-electron chi connectivity index (χ2n) is 6.42. The van der Waals surface area contributed by atoms with Crippen molar-refractivity contribution in [2.75, 3.05) is 13.1 Å². The molecule has 2 aliphatic rings. The number of nitrogens with zero attached hydrogens (tertiary/aromatic N) is 3. The Hall–Kier alpha value is -1.63. The van der Waals surface area contributed by atoms with Crippen molar-refractivity contribution < 1.29 is 14.4 Å². The molecular weight excluding hydrogens is 284 g/mol. The first-order valence-corrected chi connectivity index (χ1v) is 8.15. The summed E-state index contributed by atoms with van der Waals surface area (Å²) in [4.78, 5) is 18.5. The zero-order valence-electron chi connectivity index (χ0n) is 13.0. The van der Waals surface area contributed by atoms with Crippen molar-refractivity contribution in [1.82, 2.24) is 20.4 Å². The van der Waals surface area contributed by atoms with E-state index in [0.717, 1.165) is 45.1 Å². The van der Waals surface area contributed by atoms with Crippen molar-refractivity contribution in [2.24, 2.45) is 0 Å². The quantitative estimate of drug-likeness (QED) is 0.865. The summed E-state index contributed by atoms with van der Waals surface area (Å²) in [5, 5.41) is 16.5. The minimum Gasteiger partial charge on any atom is -0.393 e. The van der Waals surface area contributed by atoms with E-state index >= 15 is 0 Å². The van der Waals surface area contributed by atoms with Crippen molar-refractivity contribution in [2.45, 2.75) is 63.5 Å². The van der Waals surface area contributed by atoms with Gasteiger partial charge in [0, 0.05) is 19.1 Å². The number of carbonyl (C=O) groups is 1. The van der Waals surface area contributed by atoms with Crippen LogP contribution in [0.2, 0.25) is 0 Å². The Kier molecular flexibility index (Phi) is 4.61. The number of aliphatic hydroxyl groups is 1. The standard InChI is InChI=1S/C15H24N4O3/c1-10-16-14(22-18-10)11-3-2-8-19(9-11)15(21)17-12-4-6-13(20)7-5-12/h11-13,20H,2-9H2,1H3,(H,17,21)/t11-,12?,13?/m0/s1. The molecule has 1 aromatic rings. The third-order valence-corrected chi connectivity index (χ3v) is 4.63. The number of carbonyl (C=O) groups excluding carboxylic acids is 1. The van der Waals surface area contributed by atoms with Crippen molar-refractivity contribution in [3.05, 3.63) is 11.7 Å². The number of piperidine rings is 1. The number of rotatable bonds is 2. The third-order valence-electron chi connectivity index (χ3n) is 4.63. The fourth-order valence-corrected chi connectivity index (χ4v) is 3.33. The van der Waals surface area contributed by atoms with Crippen molar-refractivity contribution in [1.29, 1.82) is 0 Å². The van der Waals surface area contributed by atoms with Gasteiger partial charge in [0.25, 0.3) is 0 Å². The van der Waals surface area contributed by atoms with Gasteiger partial charge in [-0.2, -0.15) is 4.98 Å². The Morgan fingerprint density at radius 2 is 2.09 bits per heavy atom. The Morgan fingerprint density at radius 1 is 1.32 bits per heavy atom. The monoisotopic (exact) mass is 308 g/mol. The molecule has 7 heteroatoms. The van der Waals surface area contributed by atoms with Crippen LogP contribution in [0.4, 0.5) is 4.79 Å². The SMILES string of the molecule is Cc1noc([C@H]2CCCN(C(=O)NC3CCC(O)CC3)C2)n1. The highest BCUT2D eigenvalue weighted by molar-refractivity contribution is 5.74. The molecule has 0 aromatic carbocycles. The molecule has 1 aliphatic heterocycles. The summed E-state index contributed by atoms with van der Waals surface area (Å²) in [5.41, 5.74) is 0. The number of amides is 2. The maximum atomic E-state index is 12.4. The third kappa shape index (κ3) is 3.58. The summed E-state index contributed by atoms with van der Waals surface area (Å²) in [6.07, 6.45) is 4.97. The number of aromatic nitrogens is 2. The Bertz CT molecular complexity index is 511. The van der Waals surface area contributed by atoms with Gasteiger partial charge < -0.3 is 19.8 Å². The fourth-order valence-electron chi connectivity index (χ4n) is 3.33. The lowest BCUT2D eigenvalue weighted by Crippen LogP contribution is -2.49. The molecule has 2 fully saturated rings. The van der Waals surface area contributed by atoms with Gasteiger partial charge in [-0.3, -0.25) is 0 Å². The molecule has 3 rings (SSSR count). The van der Waals surface area contributed by atoms with Crippen LogP contribution in [-0.4, -0.2) is 51.4 Å². The van der Waals surface area contributed by atoms with E-state index < -0.39 is 0 Å². The molecule has 0 spiro atoms. The van der Waals surface area contributed by atoms with E-state index in [-0.39, 0.29) is 24.1 Å². The van der Waals surface area contributed by atoms with Gasteiger partial charge >= 0.3 is 6.03 Å². The number of hydrogen-bond donors (Lipinski definition) is 2. The van der Waals surface area contributed by atoms with Crippen LogP contribution in [0, 0.1) is 6.92 Å². The lowest BCUT2D eigenvalue weighted by Gasteiger charge is -2.33. The van der Waals surface area contributed by atoms with Crippen molar-refractivity contribution >= 4 is 6.03 Å². The first kappa shape index (κ1) is 15.3. The molecule has 1 aliphatic carbocycles. The molecule has 2 N–H and O–H groups in total. The maximum absolute atomic E-state index is 12.4. The Labute approximate surface area is 130 Å². The van der Waals surface area contributed by atoms with Gasteiger partial charge in [0.15, 0.2) is 5.82 Å². The number of nitrogens with one attached hydrogen (secondary N) is 1. The largest absolute Gasteiger partial charge is 0.393 e. The molecular formula is C15H24N4O3. The number of urea groups is 1.